The summed E-state index contributed by atoms with van der Waals surface area (Å²) in [6, 6.07) is 6.74. The topological polar surface area (TPSA) is 90.2 Å². The van der Waals surface area contributed by atoms with E-state index in [-0.39, 0.29) is 5.69 Å². The van der Waals surface area contributed by atoms with Crippen LogP contribution in [0.5, 0.6) is 5.75 Å². The zero-order valence-corrected chi connectivity index (χ0v) is 14.3. The number of fused-ring (bicyclic) bond motifs is 1. The van der Waals surface area contributed by atoms with Crippen LogP contribution in [0.15, 0.2) is 47.3 Å². The molecule has 0 aliphatic heterocycles. The Kier molecular flexibility index (Phi) is 4.57. The molecule has 1 N–H and O–H groups in total. The van der Waals surface area contributed by atoms with Crippen molar-refractivity contribution in [1.82, 2.24) is 9.97 Å². The highest BCUT2D eigenvalue weighted by atomic mass is 79.9. The first-order chi connectivity index (χ1) is 11.6. The van der Waals surface area contributed by atoms with Gasteiger partial charge in [-0.15, -0.1) is 0 Å². The van der Waals surface area contributed by atoms with Gasteiger partial charge in [0, 0.05) is 35.7 Å². The van der Waals surface area contributed by atoms with E-state index in [9.17, 15) is 10.1 Å². The molecule has 3 aromatic rings. The molecule has 0 radical (unpaired) electrons. The normalized spacial score (nSPS) is 10.6. The number of ether oxygens (including phenoxy) is 1. The van der Waals surface area contributed by atoms with Crippen LogP contribution in [-0.4, -0.2) is 22.0 Å². The lowest BCUT2D eigenvalue weighted by atomic mass is 10.1. The molecule has 0 aliphatic rings. The zero-order chi connectivity index (χ0) is 17.1. The average molecular weight is 389 g/mol. The third-order valence-corrected chi connectivity index (χ3v) is 4.13. The molecule has 2 aromatic heterocycles. The molecule has 8 heteroatoms. The van der Waals surface area contributed by atoms with Crippen LogP contribution in [0.3, 0.4) is 0 Å². The monoisotopic (exact) mass is 388 g/mol. The predicted octanol–water partition coefficient (Wildman–Crippen LogP) is 3.92. The van der Waals surface area contributed by atoms with Crippen LogP contribution >= 0.6 is 15.9 Å². The molecule has 0 atom stereocenters. The maximum Gasteiger partial charge on any atom is 0.281 e. The lowest BCUT2D eigenvalue weighted by Crippen LogP contribution is -2.04. The number of anilines is 1. The number of pyridine rings is 2. The van der Waals surface area contributed by atoms with Gasteiger partial charge in [-0.2, -0.15) is 0 Å². The Labute approximate surface area is 146 Å². The highest BCUT2D eigenvalue weighted by molar-refractivity contribution is 9.10. The number of benzene rings is 1. The summed E-state index contributed by atoms with van der Waals surface area (Å²) in [5, 5.41) is 15.6. The minimum Gasteiger partial charge on any atom is -0.496 e. The molecule has 0 amide bonds. The third-order valence-electron chi connectivity index (χ3n) is 3.53. The number of hydrogen-bond acceptors (Lipinski definition) is 6. The maximum atomic E-state index is 11.4. The molecular weight excluding hydrogens is 376 g/mol. The van der Waals surface area contributed by atoms with Gasteiger partial charge in [-0.3, -0.25) is 15.1 Å². The molecule has 7 nitrogen and oxygen atoms in total. The van der Waals surface area contributed by atoms with Crippen molar-refractivity contribution < 1.29 is 9.66 Å². The highest BCUT2D eigenvalue weighted by Crippen LogP contribution is 2.40. The van der Waals surface area contributed by atoms with Gasteiger partial charge in [0.1, 0.15) is 17.0 Å². The number of rotatable bonds is 5. The lowest BCUT2D eigenvalue weighted by Gasteiger charge is -2.12. The Morgan fingerprint density at radius 3 is 2.79 bits per heavy atom. The number of nitro groups is 1. The molecule has 0 saturated carbocycles. The van der Waals surface area contributed by atoms with Gasteiger partial charge in [-0.25, -0.2) is 4.98 Å². The van der Waals surface area contributed by atoms with Gasteiger partial charge < -0.3 is 10.1 Å². The maximum absolute atomic E-state index is 11.4. The van der Waals surface area contributed by atoms with E-state index in [1.165, 1.54) is 13.2 Å². The van der Waals surface area contributed by atoms with Crippen molar-refractivity contribution in [1.29, 1.82) is 0 Å². The average Bonchev–Trinajstić information content (AvgIpc) is 2.61. The quantitative estimate of drug-likeness (QED) is 0.526. The van der Waals surface area contributed by atoms with Crippen LogP contribution in [0.1, 0.15) is 5.56 Å². The fourth-order valence-corrected chi connectivity index (χ4v) is 2.94. The van der Waals surface area contributed by atoms with E-state index in [2.05, 4.69) is 31.2 Å². The Morgan fingerprint density at radius 2 is 2.12 bits per heavy atom. The number of aromatic nitrogens is 2. The zero-order valence-electron chi connectivity index (χ0n) is 12.7. The van der Waals surface area contributed by atoms with Gasteiger partial charge in [0.25, 0.3) is 5.69 Å². The van der Waals surface area contributed by atoms with Crippen molar-refractivity contribution in [2.24, 2.45) is 0 Å². The van der Waals surface area contributed by atoms with Crippen molar-refractivity contribution in [3.8, 4) is 5.75 Å². The second-order valence-corrected chi connectivity index (χ2v) is 5.82. The molecule has 0 fully saturated rings. The molecule has 2 heterocycles. The fourth-order valence-electron chi connectivity index (χ4n) is 2.44. The van der Waals surface area contributed by atoms with E-state index in [0.29, 0.717) is 33.4 Å². The number of methoxy groups -OCH3 is 1. The summed E-state index contributed by atoms with van der Waals surface area (Å²) >= 11 is 3.40. The molecule has 0 spiro atoms. The first-order valence-corrected chi connectivity index (χ1v) is 7.83. The van der Waals surface area contributed by atoms with E-state index >= 15 is 0 Å². The van der Waals surface area contributed by atoms with Gasteiger partial charge in [0.05, 0.1) is 17.4 Å². The summed E-state index contributed by atoms with van der Waals surface area (Å²) in [6.45, 7) is 0.450. The van der Waals surface area contributed by atoms with Gasteiger partial charge in [0.2, 0.25) is 0 Å². The van der Waals surface area contributed by atoms with Crippen molar-refractivity contribution in [2.45, 2.75) is 6.54 Å². The predicted molar refractivity (Wildman–Crippen MR) is 94.2 cm³/mol. The molecule has 0 bridgehead atoms. The standard InChI is InChI=1S/C16H13BrN4O3/c1-24-13-5-4-12(21(22)23)15-14(13)11(17)9-20-16(15)19-8-10-3-2-6-18-7-10/h2-7,9H,8H2,1H3,(H,19,20). The van der Waals surface area contributed by atoms with Crippen molar-refractivity contribution in [3.05, 3.63) is 63.0 Å². The Hall–Kier alpha value is -2.74. The summed E-state index contributed by atoms with van der Waals surface area (Å²) < 4.78 is 5.97. The Morgan fingerprint density at radius 1 is 1.29 bits per heavy atom. The van der Waals surface area contributed by atoms with Crippen molar-refractivity contribution >= 4 is 38.2 Å². The van der Waals surface area contributed by atoms with E-state index in [0.717, 1.165) is 5.56 Å². The van der Waals surface area contributed by atoms with Gasteiger partial charge >= 0.3 is 0 Å². The fraction of sp³-hybridized carbons (Fsp3) is 0.125. The number of nitro benzene ring substituents is 1. The summed E-state index contributed by atoms with van der Waals surface area (Å²) in [6.07, 6.45) is 5.01. The van der Waals surface area contributed by atoms with Crippen molar-refractivity contribution in [3.63, 3.8) is 0 Å². The van der Waals surface area contributed by atoms with Crippen LogP contribution in [0, 0.1) is 10.1 Å². The first-order valence-electron chi connectivity index (χ1n) is 7.04. The SMILES string of the molecule is COc1ccc([N+](=O)[O-])c2c(NCc3cccnc3)ncc(Br)c12. The van der Waals surface area contributed by atoms with Crippen LogP contribution in [0.4, 0.5) is 11.5 Å². The third kappa shape index (κ3) is 3.00. The Bertz CT molecular complexity index is 903. The molecule has 122 valence electrons. The second-order valence-electron chi connectivity index (χ2n) is 4.96. The van der Waals surface area contributed by atoms with Crippen LogP contribution < -0.4 is 10.1 Å². The van der Waals surface area contributed by atoms with Gasteiger partial charge in [-0.1, -0.05) is 6.07 Å². The number of halogens is 1. The van der Waals surface area contributed by atoms with Crippen LogP contribution in [0.2, 0.25) is 0 Å². The summed E-state index contributed by atoms with van der Waals surface area (Å²) in [5.41, 5.74) is 0.911. The number of nitrogens with one attached hydrogen (secondary N) is 1. The lowest BCUT2D eigenvalue weighted by molar-refractivity contribution is -0.383. The van der Waals surface area contributed by atoms with Gasteiger partial charge in [0.15, 0.2) is 0 Å². The molecule has 3 rings (SSSR count). The summed E-state index contributed by atoms with van der Waals surface area (Å²) in [5.74, 6) is 0.956. The number of hydrogen-bond donors (Lipinski definition) is 1. The van der Waals surface area contributed by atoms with E-state index < -0.39 is 4.92 Å². The molecule has 0 aliphatic carbocycles. The minimum atomic E-state index is -0.425. The molecule has 0 saturated heterocycles. The summed E-state index contributed by atoms with van der Waals surface area (Å²) in [4.78, 5) is 19.4. The molecule has 1 aromatic carbocycles. The first kappa shape index (κ1) is 16.1. The largest absolute Gasteiger partial charge is 0.496 e. The Balaban J connectivity index is 2.13. The van der Waals surface area contributed by atoms with Crippen molar-refractivity contribution in [2.75, 3.05) is 12.4 Å². The van der Waals surface area contributed by atoms with E-state index in [4.69, 9.17) is 4.74 Å². The summed E-state index contributed by atoms with van der Waals surface area (Å²) in [7, 11) is 1.52. The smallest absolute Gasteiger partial charge is 0.281 e. The minimum absolute atomic E-state index is 0.0340. The van der Waals surface area contributed by atoms with E-state index in [1.807, 2.05) is 12.1 Å². The van der Waals surface area contributed by atoms with E-state index in [1.54, 1.807) is 24.7 Å². The second kappa shape index (κ2) is 6.79. The molecular formula is C16H13BrN4O3. The number of nitrogens with zero attached hydrogens (tertiary/aromatic N) is 3. The highest BCUT2D eigenvalue weighted by Gasteiger charge is 2.21. The number of non-ortho nitro benzene ring substituents is 1. The van der Waals surface area contributed by atoms with Crippen LogP contribution in [0.25, 0.3) is 10.8 Å². The van der Waals surface area contributed by atoms with Gasteiger partial charge in [-0.05, 0) is 33.6 Å². The molecule has 24 heavy (non-hydrogen) atoms. The van der Waals surface area contributed by atoms with Crippen LogP contribution in [-0.2, 0) is 6.54 Å². The molecule has 0 unspecified atom stereocenters.